The number of anilines is 3. The van der Waals surface area contributed by atoms with Crippen LogP contribution < -0.4 is 20.8 Å². The Morgan fingerprint density at radius 1 is 0.950 bits per heavy atom. The molecule has 0 spiro atoms. The quantitative estimate of drug-likeness (QED) is 0.285. The first-order valence-corrected chi connectivity index (χ1v) is 14.1. The zero-order valence-electron chi connectivity index (χ0n) is 23.5. The van der Waals surface area contributed by atoms with Crippen LogP contribution in [-0.2, 0) is 16.4 Å². The number of piperidine rings is 1. The summed E-state index contributed by atoms with van der Waals surface area (Å²) in [5, 5.41) is 24.0. The van der Waals surface area contributed by atoms with Gasteiger partial charge in [0.25, 0.3) is 0 Å². The van der Waals surface area contributed by atoms with Crippen molar-refractivity contribution < 1.29 is 28.4 Å². The van der Waals surface area contributed by atoms with Gasteiger partial charge in [0.1, 0.15) is 5.69 Å². The highest BCUT2D eigenvalue weighted by Crippen LogP contribution is 2.38. The lowest BCUT2D eigenvalue weighted by Crippen LogP contribution is -2.41. The number of carbonyl (C=O) groups excluding carboxylic acids is 1. The van der Waals surface area contributed by atoms with Gasteiger partial charge in [-0.2, -0.15) is 13.2 Å². The van der Waals surface area contributed by atoms with Crippen LogP contribution in [0.15, 0.2) is 42.5 Å². The third-order valence-electron chi connectivity index (χ3n) is 8.26. The van der Waals surface area contributed by atoms with Gasteiger partial charge >= 0.3 is 6.18 Å². The summed E-state index contributed by atoms with van der Waals surface area (Å²) in [6.07, 6.45) is -0.0161. The molecule has 0 atom stereocenters. The SMILES string of the molecule is CC(C)(C)c1ccc(N2CCC(CNC(=O)C3CCC(Nc4ccc(N(O)O)c(C(F)(F)F)c4)CC3)CC2)cc1. The highest BCUT2D eigenvalue weighted by Gasteiger charge is 2.36. The zero-order chi connectivity index (χ0) is 29.1. The Balaban J connectivity index is 1.19. The molecule has 0 bridgehead atoms. The molecule has 1 amide bonds. The van der Waals surface area contributed by atoms with E-state index in [4.69, 9.17) is 10.4 Å². The number of amides is 1. The van der Waals surface area contributed by atoms with E-state index in [2.05, 4.69) is 60.6 Å². The number of hydrogen-bond acceptors (Lipinski definition) is 6. The Morgan fingerprint density at radius 3 is 2.12 bits per heavy atom. The predicted octanol–water partition coefficient (Wildman–Crippen LogP) is 6.59. The van der Waals surface area contributed by atoms with E-state index in [9.17, 15) is 18.0 Å². The van der Waals surface area contributed by atoms with Gasteiger partial charge in [0.05, 0.1) is 5.56 Å². The summed E-state index contributed by atoms with van der Waals surface area (Å²) in [6.45, 7) is 9.26. The van der Waals surface area contributed by atoms with Crippen LogP contribution in [0.5, 0.6) is 0 Å². The number of nitrogens with zero attached hydrogens (tertiary/aromatic N) is 2. The van der Waals surface area contributed by atoms with Crippen LogP contribution >= 0.6 is 0 Å². The molecule has 1 heterocycles. The molecule has 1 saturated carbocycles. The second kappa shape index (κ2) is 12.3. The summed E-state index contributed by atoms with van der Waals surface area (Å²) in [5.74, 6) is 0.421. The first kappa shape index (κ1) is 30.0. The first-order chi connectivity index (χ1) is 18.8. The van der Waals surface area contributed by atoms with Gasteiger partial charge in [-0.25, -0.2) is 0 Å². The summed E-state index contributed by atoms with van der Waals surface area (Å²) >= 11 is 0. The van der Waals surface area contributed by atoms with Gasteiger partial charge in [-0.05, 0) is 85.8 Å². The van der Waals surface area contributed by atoms with Crippen LogP contribution in [0.3, 0.4) is 0 Å². The molecule has 2 fully saturated rings. The highest BCUT2D eigenvalue weighted by molar-refractivity contribution is 5.78. The monoisotopic (exact) mass is 562 g/mol. The molecule has 2 aliphatic rings. The molecule has 1 aliphatic carbocycles. The maximum Gasteiger partial charge on any atom is 0.418 e. The molecule has 0 aromatic heterocycles. The third-order valence-corrected chi connectivity index (χ3v) is 8.26. The molecule has 0 unspecified atom stereocenters. The van der Waals surface area contributed by atoms with Crippen molar-refractivity contribution in [2.75, 3.05) is 35.1 Å². The van der Waals surface area contributed by atoms with Crippen molar-refractivity contribution in [1.82, 2.24) is 5.32 Å². The van der Waals surface area contributed by atoms with Crippen LogP contribution in [0, 0.1) is 11.8 Å². The Hall–Kier alpha value is -2.98. The second-order valence-corrected chi connectivity index (χ2v) is 12.2. The second-order valence-electron chi connectivity index (χ2n) is 12.2. The maximum atomic E-state index is 13.3. The standard InChI is InChI=1S/C30H41F3N4O3/c1-29(2,3)22-6-11-25(12-7-22)36-16-14-20(15-17-36)19-34-28(38)21-4-8-23(9-5-21)35-24-10-13-27(37(39)40)26(18-24)30(31,32)33/h6-7,10-13,18,20-21,23,35,39-40H,4-5,8-9,14-17,19H2,1-3H3,(H,34,38). The van der Waals surface area contributed by atoms with Crippen molar-refractivity contribution >= 4 is 23.0 Å². The van der Waals surface area contributed by atoms with Crippen molar-refractivity contribution in [3.63, 3.8) is 0 Å². The molecule has 40 heavy (non-hydrogen) atoms. The first-order valence-electron chi connectivity index (χ1n) is 14.1. The van der Waals surface area contributed by atoms with Crippen molar-refractivity contribution in [1.29, 1.82) is 0 Å². The molecule has 4 N–H and O–H groups in total. The lowest BCUT2D eigenvalue weighted by atomic mass is 9.85. The normalized spacial score (nSPS) is 20.8. The lowest BCUT2D eigenvalue weighted by Gasteiger charge is -2.34. The lowest BCUT2D eigenvalue weighted by molar-refractivity contribution is -0.138. The Morgan fingerprint density at radius 2 is 1.57 bits per heavy atom. The summed E-state index contributed by atoms with van der Waals surface area (Å²) < 4.78 is 40.0. The van der Waals surface area contributed by atoms with Crippen LogP contribution in [-0.4, -0.2) is 42.0 Å². The number of hydrogen-bond donors (Lipinski definition) is 4. The summed E-state index contributed by atoms with van der Waals surface area (Å²) in [5.41, 5.74) is 1.08. The van der Waals surface area contributed by atoms with E-state index < -0.39 is 22.7 Å². The van der Waals surface area contributed by atoms with Crippen LogP contribution in [0.4, 0.5) is 30.2 Å². The van der Waals surface area contributed by atoms with Gasteiger partial charge in [0, 0.05) is 43.0 Å². The summed E-state index contributed by atoms with van der Waals surface area (Å²) in [6, 6.07) is 12.0. The van der Waals surface area contributed by atoms with Gasteiger partial charge in [-0.1, -0.05) is 32.9 Å². The van der Waals surface area contributed by atoms with Gasteiger partial charge in [-0.3, -0.25) is 15.2 Å². The van der Waals surface area contributed by atoms with Crippen molar-refractivity contribution in [3.8, 4) is 0 Å². The van der Waals surface area contributed by atoms with Crippen LogP contribution in [0.25, 0.3) is 0 Å². The number of alkyl halides is 3. The Labute approximate surface area is 234 Å². The fourth-order valence-corrected chi connectivity index (χ4v) is 5.72. The molecule has 4 rings (SSSR count). The van der Waals surface area contributed by atoms with E-state index in [-0.39, 0.29) is 29.0 Å². The van der Waals surface area contributed by atoms with Crippen molar-refractivity contribution in [2.45, 2.75) is 76.9 Å². The maximum absolute atomic E-state index is 13.3. The molecule has 2 aromatic rings. The molecule has 2 aromatic carbocycles. The number of nitrogens with one attached hydrogen (secondary N) is 2. The molecular weight excluding hydrogens is 521 g/mol. The molecule has 1 saturated heterocycles. The predicted molar refractivity (Wildman–Crippen MR) is 150 cm³/mol. The highest BCUT2D eigenvalue weighted by atomic mass is 19.4. The van der Waals surface area contributed by atoms with Gasteiger partial charge in [0.2, 0.25) is 5.91 Å². The molecular formula is C30H41F3N4O3. The fourth-order valence-electron chi connectivity index (χ4n) is 5.72. The van der Waals surface area contributed by atoms with Gasteiger partial charge < -0.3 is 15.5 Å². The van der Waals surface area contributed by atoms with E-state index in [0.29, 0.717) is 38.1 Å². The number of rotatable bonds is 7. The minimum absolute atomic E-state index is 0.0582. The van der Waals surface area contributed by atoms with Gasteiger partial charge in [0.15, 0.2) is 0 Å². The average molecular weight is 563 g/mol. The van der Waals surface area contributed by atoms with E-state index in [0.717, 1.165) is 38.1 Å². The molecule has 1 aliphatic heterocycles. The smallest absolute Gasteiger partial charge is 0.382 e. The third kappa shape index (κ3) is 7.60. The van der Waals surface area contributed by atoms with Crippen molar-refractivity contribution in [3.05, 3.63) is 53.6 Å². The average Bonchev–Trinajstić information content (AvgIpc) is 2.91. The van der Waals surface area contributed by atoms with E-state index in [1.165, 1.54) is 17.3 Å². The molecule has 0 radical (unpaired) electrons. The summed E-state index contributed by atoms with van der Waals surface area (Å²) in [4.78, 5) is 15.3. The van der Waals surface area contributed by atoms with Crippen LogP contribution in [0.2, 0.25) is 0 Å². The Kier molecular flexibility index (Phi) is 9.19. The van der Waals surface area contributed by atoms with Gasteiger partial charge in [-0.15, -0.1) is 5.23 Å². The number of halogens is 3. The van der Waals surface area contributed by atoms with Crippen LogP contribution in [0.1, 0.15) is 70.4 Å². The molecule has 220 valence electrons. The Bertz CT molecular complexity index is 1130. The topological polar surface area (TPSA) is 88.1 Å². The number of carbonyl (C=O) groups is 1. The van der Waals surface area contributed by atoms with Crippen molar-refractivity contribution in [2.24, 2.45) is 11.8 Å². The minimum atomic E-state index is -4.74. The van der Waals surface area contributed by atoms with E-state index >= 15 is 0 Å². The van der Waals surface area contributed by atoms with E-state index in [1.54, 1.807) is 0 Å². The summed E-state index contributed by atoms with van der Waals surface area (Å²) in [7, 11) is 0. The molecule has 10 heteroatoms. The minimum Gasteiger partial charge on any atom is -0.382 e. The van der Waals surface area contributed by atoms with E-state index in [1.807, 2.05) is 0 Å². The molecule has 7 nitrogen and oxygen atoms in total. The number of benzene rings is 2. The zero-order valence-corrected chi connectivity index (χ0v) is 23.5. The fraction of sp³-hybridized carbons (Fsp3) is 0.567. The largest absolute Gasteiger partial charge is 0.418 e.